The Morgan fingerprint density at radius 2 is 2.00 bits per heavy atom. The van der Waals surface area contributed by atoms with Crippen LogP contribution < -0.4 is 11.1 Å². The van der Waals surface area contributed by atoms with Crippen molar-refractivity contribution in [3.63, 3.8) is 0 Å². The highest BCUT2D eigenvalue weighted by Gasteiger charge is 2.45. The fraction of sp³-hybridized carbons (Fsp3) is 0.875. The van der Waals surface area contributed by atoms with Crippen molar-refractivity contribution in [3.8, 4) is 0 Å². The molecule has 1 amide bonds. The molecule has 0 aromatic rings. The SMILES string of the molecule is NC(=O)C1CCC2(CC1)CN2. The Bertz CT molecular complexity index is 177. The molecule has 2 aliphatic rings. The van der Waals surface area contributed by atoms with Crippen LogP contribution >= 0.6 is 0 Å². The van der Waals surface area contributed by atoms with Gasteiger partial charge in [-0.25, -0.2) is 0 Å². The number of nitrogens with two attached hydrogens (primary N) is 1. The second-order valence-corrected chi connectivity index (χ2v) is 3.81. The van der Waals surface area contributed by atoms with Crippen LogP contribution in [0.15, 0.2) is 0 Å². The topological polar surface area (TPSA) is 65.0 Å². The summed E-state index contributed by atoms with van der Waals surface area (Å²) in [5.74, 6) is 0.0449. The maximum atomic E-state index is 10.8. The maximum absolute atomic E-state index is 10.8. The number of rotatable bonds is 1. The van der Waals surface area contributed by atoms with E-state index < -0.39 is 0 Å². The van der Waals surface area contributed by atoms with Crippen molar-refractivity contribution in [3.05, 3.63) is 0 Å². The Morgan fingerprint density at radius 1 is 1.45 bits per heavy atom. The van der Waals surface area contributed by atoms with Gasteiger partial charge in [0.2, 0.25) is 5.91 Å². The van der Waals surface area contributed by atoms with Crippen molar-refractivity contribution >= 4 is 5.91 Å². The first-order chi connectivity index (χ1) is 5.22. The van der Waals surface area contributed by atoms with Gasteiger partial charge in [0.1, 0.15) is 0 Å². The van der Waals surface area contributed by atoms with Gasteiger partial charge in [0, 0.05) is 18.0 Å². The molecule has 0 aromatic heterocycles. The number of nitrogens with one attached hydrogen (secondary N) is 1. The van der Waals surface area contributed by atoms with E-state index in [1.165, 1.54) is 0 Å². The highest BCUT2D eigenvalue weighted by molar-refractivity contribution is 5.76. The van der Waals surface area contributed by atoms with Crippen LogP contribution in [0.2, 0.25) is 0 Å². The van der Waals surface area contributed by atoms with E-state index in [9.17, 15) is 4.79 Å². The van der Waals surface area contributed by atoms with Gasteiger partial charge in [0.25, 0.3) is 0 Å². The molecule has 11 heavy (non-hydrogen) atoms. The summed E-state index contributed by atoms with van der Waals surface area (Å²) in [6.45, 7) is 1.15. The van der Waals surface area contributed by atoms with Gasteiger partial charge in [-0.3, -0.25) is 4.79 Å². The molecule has 2 fully saturated rings. The Labute approximate surface area is 66.3 Å². The minimum Gasteiger partial charge on any atom is -0.369 e. The highest BCUT2D eigenvalue weighted by Crippen LogP contribution is 2.37. The molecule has 1 aliphatic heterocycles. The summed E-state index contributed by atoms with van der Waals surface area (Å²) in [6, 6.07) is 0. The molecule has 1 saturated carbocycles. The van der Waals surface area contributed by atoms with Crippen LogP contribution in [0.1, 0.15) is 25.7 Å². The lowest BCUT2D eigenvalue weighted by Crippen LogP contribution is -2.31. The second kappa shape index (κ2) is 2.21. The normalized spacial score (nSPS) is 42.4. The largest absolute Gasteiger partial charge is 0.369 e. The average molecular weight is 154 g/mol. The Kier molecular flexibility index (Phi) is 1.42. The van der Waals surface area contributed by atoms with Crippen LogP contribution in [-0.4, -0.2) is 18.0 Å². The van der Waals surface area contributed by atoms with Gasteiger partial charge in [-0.1, -0.05) is 0 Å². The second-order valence-electron chi connectivity index (χ2n) is 3.81. The van der Waals surface area contributed by atoms with Gasteiger partial charge in [-0.15, -0.1) is 0 Å². The molecule has 0 radical (unpaired) electrons. The first-order valence-electron chi connectivity index (χ1n) is 4.26. The van der Waals surface area contributed by atoms with Crippen LogP contribution in [0.4, 0.5) is 0 Å². The summed E-state index contributed by atoms with van der Waals surface area (Å²) >= 11 is 0. The van der Waals surface area contributed by atoms with Crippen molar-refractivity contribution < 1.29 is 4.79 Å². The number of primary amides is 1. The molecule has 1 aliphatic carbocycles. The Balaban J connectivity index is 1.89. The predicted molar refractivity (Wildman–Crippen MR) is 41.9 cm³/mol. The first-order valence-corrected chi connectivity index (χ1v) is 4.26. The smallest absolute Gasteiger partial charge is 0.220 e. The van der Waals surface area contributed by atoms with E-state index in [-0.39, 0.29) is 11.8 Å². The molecule has 0 unspecified atom stereocenters. The molecule has 0 bridgehead atoms. The number of amides is 1. The summed E-state index contributed by atoms with van der Waals surface area (Å²) in [6.07, 6.45) is 4.26. The van der Waals surface area contributed by atoms with Crippen molar-refractivity contribution in [1.82, 2.24) is 5.32 Å². The van der Waals surface area contributed by atoms with E-state index in [1.807, 2.05) is 0 Å². The molecular weight excluding hydrogens is 140 g/mol. The van der Waals surface area contributed by atoms with Crippen LogP contribution in [0.25, 0.3) is 0 Å². The van der Waals surface area contributed by atoms with Crippen molar-refractivity contribution in [2.45, 2.75) is 31.2 Å². The summed E-state index contributed by atoms with van der Waals surface area (Å²) in [4.78, 5) is 10.8. The standard InChI is InChI=1S/C8H14N2O/c9-7(11)6-1-3-8(4-2-6)5-10-8/h6,10H,1-5H2,(H2,9,11). The average Bonchev–Trinajstić information content (AvgIpc) is 2.70. The molecule has 62 valence electrons. The van der Waals surface area contributed by atoms with Crippen LogP contribution in [-0.2, 0) is 4.79 Å². The monoisotopic (exact) mass is 154 g/mol. The Morgan fingerprint density at radius 3 is 2.36 bits per heavy atom. The van der Waals surface area contributed by atoms with E-state index in [2.05, 4.69) is 5.32 Å². The van der Waals surface area contributed by atoms with E-state index in [1.54, 1.807) is 0 Å². The lowest BCUT2D eigenvalue weighted by atomic mass is 9.81. The molecule has 3 nitrogen and oxygen atoms in total. The van der Waals surface area contributed by atoms with Gasteiger partial charge in [-0.05, 0) is 25.7 Å². The lowest BCUT2D eigenvalue weighted by Gasteiger charge is -2.24. The third-order valence-electron chi connectivity index (χ3n) is 3.02. The molecule has 2 rings (SSSR count). The number of carbonyl (C=O) groups is 1. The van der Waals surface area contributed by atoms with Crippen LogP contribution in [0.5, 0.6) is 0 Å². The molecule has 1 heterocycles. The van der Waals surface area contributed by atoms with Crippen molar-refractivity contribution in [2.75, 3.05) is 6.54 Å². The minimum absolute atomic E-state index is 0.111. The quantitative estimate of drug-likeness (QED) is 0.522. The summed E-state index contributed by atoms with van der Waals surface area (Å²) in [5, 5.41) is 3.36. The zero-order valence-corrected chi connectivity index (χ0v) is 6.60. The molecular formula is C8H14N2O. The molecule has 3 N–H and O–H groups in total. The summed E-state index contributed by atoms with van der Waals surface area (Å²) < 4.78 is 0. The Hall–Kier alpha value is -0.570. The fourth-order valence-electron chi connectivity index (χ4n) is 1.93. The van der Waals surface area contributed by atoms with Crippen molar-refractivity contribution in [2.24, 2.45) is 11.7 Å². The fourth-order valence-corrected chi connectivity index (χ4v) is 1.93. The minimum atomic E-state index is -0.111. The molecule has 0 atom stereocenters. The van der Waals surface area contributed by atoms with E-state index in [0.717, 1.165) is 32.2 Å². The van der Waals surface area contributed by atoms with Gasteiger partial charge < -0.3 is 11.1 Å². The number of carbonyl (C=O) groups excluding carboxylic acids is 1. The zero-order valence-electron chi connectivity index (χ0n) is 6.60. The van der Waals surface area contributed by atoms with E-state index in [0.29, 0.717) is 5.54 Å². The summed E-state index contributed by atoms with van der Waals surface area (Å²) in [7, 11) is 0. The van der Waals surface area contributed by atoms with Crippen LogP contribution in [0, 0.1) is 5.92 Å². The maximum Gasteiger partial charge on any atom is 0.220 e. The molecule has 1 spiro atoms. The summed E-state index contributed by atoms with van der Waals surface area (Å²) in [5.41, 5.74) is 5.65. The molecule has 3 heteroatoms. The third kappa shape index (κ3) is 1.25. The lowest BCUT2D eigenvalue weighted by molar-refractivity contribution is -0.122. The highest BCUT2D eigenvalue weighted by atomic mass is 16.1. The van der Waals surface area contributed by atoms with Crippen molar-refractivity contribution in [1.29, 1.82) is 0 Å². The predicted octanol–water partition coefficient (Wildman–Crippen LogP) is 0.00390. The van der Waals surface area contributed by atoms with Gasteiger partial charge in [0.05, 0.1) is 0 Å². The first kappa shape index (κ1) is 7.10. The number of hydrogen-bond donors (Lipinski definition) is 2. The molecule has 1 saturated heterocycles. The van der Waals surface area contributed by atoms with E-state index in [4.69, 9.17) is 5.73 Å². The van der Waals surface area contributed by atoms with Gasteiger partial charge in [-0.2, -0.15) is 0 Å². The zero-order chi connectivity index (χ0) is 7.90. The van der Waals surface area contributed by atoms with E-state index >= 15 is 0 Å². The third-order valence-corrected chi connectivity index (χ3v) is 3.02. The van der Waals surface area contributed by atoms with Crippen LogP contribution in [0.3, 0.4) is 0 Å². The number of hydrogen-bond acceptors (Lipinski definition) is 2. The molecule has 0 aromatic carbocycles. The van der Waals surface area contributed by atoms with Gasteiger partial charge >= 0.3 is 0 Å². The van der Waals surface area contributed by atoms with Gasteiger partial charge in [0.15, 0.2) is 0 Å².